The number of carbonyl (C=O) groups excluding carboxylic acids is 1. The Morgan fingerprint density at radius 3 is 2.37 bits per heavy atom. The van der Waals surface area contributed by atoms with Crippen molar-refractivity contribution >= 4 is 6.08 Å². The van der Waals surface area contributed by atoms with Gasteiger partial charge in [0, 0.05) is 5.56 Å². The first-order chi connectivity index (χ1) is 9.18. The molecule has 1 aromatic carbocycles. The third-order valence-corrected chi connectivity index (χ3v) is 3.66. The molecule has 1 aliphatic rings. The zero-order valence-electron chi connectivity index (χ0n) is 11.0. The van der Waals surface area contributed by atoms with E-state index in [4.69, 9.17) is 9.47 Å². The van der Waals surface area contributed by atoms with E-state index in [0.29, 0.717) is 11.3 Å². The maximum absolute atomic E-state index is 13.7. The van der Waals surface area contributed by atoms with E-state index < -0.39 is 11.4 Å². The van der Waals surface area contributed by atoms with Crippen molar-refractivity contribution in [3.63, 3.8) is 0 Å². The Balaban J connectivity index is 2.63. The van der Waals surface area contributed by atoms with Crippen LogP contribution in [0.3, 0.4) is 0 Å². The number of methoxy groups -OCH3 is 2. The molecule has 1 aliphatic carbocycles. The van der Waals surface area contributed by atoms with Gasteiger partial charge in [0.15, 0.2) is 17.3 Å². The van der Waals surface area contributed by atoms with E-state index in [9.17, 15) is 9.18 Å². The van der Waals surface area contributed by atoms with E-state index in [0.717, 1.165) is 25.7 Å². The van der Waals surface area contributed by atoms with Gasteiger partial charge in [0.2, 0.25) is 6.08 Å². The summed E-state index contributed by atoms with van der Waals surface area (Å²) in [5.41, 5.74) is 0.0303. The van der Waals surface area contributed by atoms with Gasteiger partial charge in [0.1, 0.15) is 5.54 Å². The van der Waals surface area contributed by atoms with Gasteiger partial charge in [-0.15, -0.1) is 0 Å². The lowest BCUT2D eigenvalue weighted by Crippen LogP contribution is -2.20. The number of ether oxygens (including phenoxy) is 2. The third-order valence-electron chi connectivity index (χ3n) is 3.66. The van der Waals surface area contributed by atoms with Crippen LogP contribution < -0.4 is 9.47 Å². The van der Waals surface area contributed by atoms with Gasteiger partial charge >= 0.3 is 0 Å². The third kappa shape index (κ3) is 2.22. The molecule has 0 amide bonds. The average molecular weight is 265 g/mol. The number of hydrogen-bond acceptors (Lipinski definition) is 4. The lowest BCUT2D eigenvalue weighted by atomic mass is 9.88. The summed E-state index contributed by atoms with van der Waals surface area (Å²) in [6, 6.07) is 2.93. The number of benzene rings is 1. The van der Waals surface area contributed by atoms with Crippen LogP contribution in [0.15, 0.2) is 17.1 Å². The van der Waals surface area contributed by atoms with Crippen LogP contribution >= 0.6 is 0 Å². The molecule has 0 atom stereocenters. The van der Waals surface area contributed by atoms with Crippen molar-refractivity contribution in [2.75, 3.05) is 14.2 Å². The highest BCUT2D eigenvalue weighted by Gasteiger charge is 2.39. The fourth-order valence-corrected chi connectivity index (χ4v) is 2.79. The minimum atomic E-state index is -0.659. The highest BCUT2D eigenvalue weighted by Crippen LogP contribution is 2.48. The zero-order chi connectivity index (χ0) is 13.9. The van der Waals surface area contributed by atoms with Crippen LogP contribution in [0.4, 0.5) is 4.39 Å². The van der Waals surface area contributed by atoms with Crippen LogP contribution in [0.5, 0.6) is 11.5 Å². The van der Waals surface area contributed by atoms with E-state index in [2.05, 4.69) is 4.99 Å². The second kappa shape index (κ2) is 5.41. The molecule has 0 radical (unpaired) electrons. The van der Waals surface area contributed by atoms with Gasteiger partial charge in [-0.1, -0.05) is 12.8 Å². The van der Waals surface area contributed by atoms with Gasteiger partial charge in [-0.2, -0.15) is 4.99 Å². The van der Waals surface area contributed by atoms with Crippen molar-refractivity contribution in [3.8, 4) is 11.5 Å². The highest BCUT2D eigenvalue weighted by atomic mass is 19.1. The Kier molecular flexibility index (Phi) is 3.86. The standard InChI is InChI=1S/C14H16FNO3/c1-18-12-10(5-6-11(15)13(12)19-2)14(16-9-17)7-3-4-8-14/h5-6H,3-4,7-8H2,1-2H3. The zero-order valence-corrected chi connectivity index (χ0v) is 11.0. The summed E-state index contributed by atoms with van der Waals surface area (Å²) < 4.78 is 24.0. The van der Waals surface area contributed by atoms with Crippen LogP contribution in [0.2, 0.25) is 0 Å². The van der Waals surface area contributed by atoms with Crippen molar-refractivity contribution in [1.82, 2.24) is 0 Å². The molecular formula is C14H16FNO3. The second-order valence-electron chi connectivity index (χ2n) is 4.60. The number of rotatable bonds is 4. The summed E-state index contributed by atoms with van der Waals surface area (Å²) in [4.78, 5) is 14.7. The number of nitrogens with zero attached hydrogens (tertiary/aromatic N) is 1. The molecule has 0 bridgehead atoms. The van der Waals surface area contributed by atoms with Gasteiger partial charge in [-0.25, -0.2) is 9.18 Å². The van der Waals surface area contributed by atoms with E-state index in [1.807, 2.05) is 0 Å². The van der Waals surface area contributed by atoms with E-state index >= 15 is 0 Å². The van der Waals surface area contributed by atoms with Crippen LogP contribution in [0, 0.1) is 5.82 Å². The molecule has 5 heteroatoms. The Morgan fingerprint density at radius 1 is 1.21 bits per heavy atom. The molecule has 19 heavy (non-hydrogen) atoms. The summed E-state index contributed by atoms with van der Waals surface area (Å²) in [6.07, 6.45) is 5.03. The van der Waals surface area contributed by atoms with Crippen LogP contribution in [-0.4, -0.2) is 20.3 Å². The molecule has 4 nitrogen and oxygen atoms in total. The highest BCUT2D eigenvalue weighted by molar-refractivity contribution is 5.52. The fraction of sp³-hybridized carbons (Fsp3) is 0.500. The van der Waals surface area contributed by atoms with E-state index in [1.165, 1.54) is 20.3 Å². The van der Waals surface area contributed by atoms with E-state index in [1.54, 1.807) is 12.1 Å². The maximum Gasteiger partial charge on any atom is 0.235 e. The van der Waals surface area contributed by atoms with Crippen LogP contribution in [-0.2, 0) is 10.3 Å². The lowest BCUT2D eigenvalue weighted by Gasteiger charge is -2.26. The normalized spacial score (nSPS) is 16.8. The van der Waals surface area contributed by atoms with E-state index in [-0.39, 0.29) is 5.75 Å². The summed E-state index contributed by atoms with van der Waals surface area (Å²) in [5, 5.41) is 0. The predicted octanol–water partition coefficient (Wildman–Crippen LogP) is 2.95. The Hall–Kier alpha value is -1.87. The molecule has 1 fully saturated rings. The molecule has 102 valence electrons. The molecule has 1 aromatic rings. The average Bonchev–Trinajstić information content (AvgIpc) is 2.88. The lowest BCUT2D eigenvalue weighted by molar-refractivity contribution is 0.323. The molecule has 0 N–H and O–H groups in total. The minimum absolute atomic E-state index is 0.0485. The van der Waals surface area contributed by atoms with Crippen LogP contribution in [0.25, 0.3) is 0 Å². The summed E-state index contributed by atoms with van der Waals surface area (Å²) in [7, 11) is 2.84. The number of hydrogen-bond donors (Lipinski definition) is 0. The van der Waals surface area contributed by atoms with Gasteiger partial charge in [-0.05, 0) is 25.0 Å². The first-order valence-electron chi connectivity index (χ1n) is 6.18. The first-order valence-corrected chi connectivity index (χ1v) is 6.18. The monoisotopic (exact) mass is 265 g/mol. The van der Waals surface area contributed by atoms with Crippen LogP contribution in [0.1, 0.15) is 31.2 Å². The predicted molar refractivity (Wildman–Crippen MR) is 67.8 cm³/mol. The summed E-state index contributed by atoms with van der Waals surface area (Å²) in [5.74, 6) is -0.137. The Morgan fingerprint density at radius 2 is 1.84 bits per heavy atom. The fourth-order valence-electron chi connectivity index (χ4n) is 2.79. The van der Waals surface area contributed by atoms with Gasteiger partial charge < -0.3 is 9.47 Å². The van der Waals surface area contributed by atoms with Crippen molar-refractivity contribution in [2.45, 2.75) is 31.2 Å². The quantitative estimate of drug-likeness (QED) is 0.621. The molecule has 0 saturated heterocycles. The molecule has 0 unspecified atom stereocenters. The minimum Gasteiger partial charge on any atom is -0.492 e. The molecular weight excluding hydrogens is 249 g/mol. The van der Waals surface area contributed by atoms with Gasteiger partial charge in [0.05, 0.1) is 14.2 Å². The molecule has 2 rings (SSSR count). The number of halogens is 1. The second-order valence-corrected chi connectivity index (χ2v) is 4.60. The van der Waals surface area contributed by atoms with Crippen molar-refractivity contribution < 1.29 is 18.7 Å². The summed E-state index contributed by atoms with van der Waals surface area (Å²) >= 11 is 0. The number of isocyanates is 1. The largest absolute Gasteiger partial charge is 0.492 e. The SMILES string of the molecule is COc1c(F)ccc(C2(N=C=O)CCCC2)c1OC. The molecule has 0 spiro atoms. The van der Waals surface area contributed by atoms with Crippen molar-refractivity contribution in [2.24, 2.45) is 4.99 Å². The molecule has 0 aromatic heterocycles. The molecule has 0 aliphatic heterocycles. The van der Waals surface area contributed by atoms with Crippen molar-refractivity contribution in [3.05, 3.63) is 23.5 Å². The Labute approximate surface area is 111 Å². The topological polar surface area (TPSA) is 47.9 Å². The maximum atomic E-state index is 13.7. The summed E-state index contributed by atoms with van der Waals surface area (Å²) in [6.45, 7) is 0. The molecule has 0 heterocycles. The van der Waals surface area contributed by atoms with Crippen molar-refractivity contribution in [1.29, 1.82) is 0 Å². The van der Waals surface area contributed by atoms with Gasteiger partial charge in [0.25, 0.3) is 0 Å². The van der Waals surface area contributed by atoms with Gasteiger partial charge in [-0.3, -0.25) is 0 Å². The molecule has 1 saturated carbocycles. The smallest absolute Gasteiger partial charge is 0.235 e. The first kappa shape index (κ1) is 13.6. The Bertz CT molecular complexity index is 518. The number of aliphatic imine (C=N–C) groups is 1.